The molecule has 1 unspecified atom stereocenters. The smallest absolute Gasteiger partial charge is 0.405 e. The van der Waals surface area contributed by atoms with E-state index in [9.17, 15) is 22.8 Å². The fraction of sp³-hybridized carbons (Fsp3) is 0.368. The standard InChI is InChI=1S/C19H20F3N3O3S/c20-19(21,22)28-16-6-2-1-4-13(16)11-24-17(26)10-15-18(27)23-7-8-25(15)12-14-5-3-9-29-14/h1-6,9,15H,7-8,10-12H2,(H,23,27)(H,24,26). The summed E-state index contributed by atoms with van der Waals surface area (Å²) in [6.45, 7) is 1.55. The quantitative estimate of drug-likeness (QED) is 0.713. The molecule has 29 heavy (non-hydrogen) atoms. The minimum atomic E-state index is -4.82. The van der Waals surface area contributed by atoms with E-state index in [1.165, 1.54) is 18.2 Å². The van der Waals surface area contributed by atoms with Gasteiger partial charge in [0.25, 0.3) is 0 Å². The second kappa shape index (κ2) is 9.27. The predicted molar refractivity (Wildman–Crippen MR) is 101 cm³/mol. The van der Waals surface area contributed by atoms with Crippen LogP contribution in [-0.4, -0.2) is 42.2 Å². The van der Waals surface area contributed by atoms with Crippen LogP contribution < -0.4 is 15.4 Å². The first-order valence-corrected chi connectivity index (χ1v) is 9.84. The molecule has 1 aliphatic rings. The van der Waals surface area contributed by atoms with Crippen molar-refractivity contribution in [2.45, 2.75) is 31.9 Å². The number of alkyl halides is 3. The SMILES string of the molecule is O=C(CC1C(=O)NCCN1Cc1cccs1)NCc1ccccc1OC(F)(F)F. The number of benzene rings is 1. The molecule has 0 bridgehead atoms. The van der Waals surface area contributed by atoms with Gasteiger partial charge in [0, 0.05) is 36.6 Å². The van der Waals surface area contributed by atoms with E-state index in [2.05, 4.69) is 15.4 Å². The highest BCUT2D eigenvalue weighted by atomic mass is 32.1. The van der Waals surface area contributed by atoms with E-state index >= 15 is 0 Å². The molecule has 1 aliphatic heterocycles. The van der Waals surface area contributed by atoms with Crippen LogP contribution in [-0.2, 0) is 22.7 Å². The van der Waals surface area contributed by atoms with E-state index < -0.39 is 18.3 Å². The molecule has 2 heterocycles. The first-order chi connectivity index (χ1) is 13.8. The number of ether oxygens (including phenoxy) is 1. The molecular formula is C19H20F3N3O3S. The molecule has 0 spiro atoms. The second-order valence-electron chi connectivity index (χ2n) is 6.49. The van der Waals surface area contributed by atoms with Crippen LogP contribution in [0.5, 0.6) is 5.75 Å². The van der Waals surface area contributed by atoms with Crippen molar-refractivity contribution in [3.8, 4) is 5.75 Å². The van der Waals surface area contributed by atoms with Crippen molar-refractivity contribution >= 4 is 23.2 Å². The lowest BCUT2D eigenvalue weighted by Gasteiger charge is -2.34. The largest absolute Gasteiger partial charge is 0.573 e. The van der Waals surface area contributed by atoms with Gasteiger partial charge in [-0.25, -0.2) is 0 Å². The van der Waals surface area contributed by atoms with Gasteiger partial charge in [-0.1, -0.05) is 24.3 Å². The number of carbonyl (C=O) groups is 2. The lowest BCUT2D eigenvalue weighted by Crippen LogP contribution is -2.56. The van der Waals surface area contributed by atoms with E-state index in [-0.39, 0.29) is 30.2 Å². The highest BCUT2D eigenvalue weighted by Gasteiger charge is 2.33. The average Bonchev–Trinajstić information content (AvgIpc) is 3.16. The van der Waals surface area contributed by atoms with Gasteiger partial charge in [-0.2, -0.15) is 0 Å². The molecule has 2 amide bonds. The van der Waals surface area contributed by atoms with E-state index in [0.717, 1.165) is 4.88 Å². The number of carbonyl (C=O) groups excluding carboxylic acids is 2. The number of rotatable bonds is 7. The molecular weight excluding hydrogens is 407 g/mol. The van der Waals surface area contributed by atoms with Gasteiger partial charge in [0.05, 0.1) is 12.5 Å². The van der Waals surface area contributed by atoms with Gasteiger partial charge in [0.15, 0.2) is 0 Å². The van der Waals surface area contributed by atoms with E-state index in [1.807, 2.05) is 22.4 Å². The zero-order valence-electron chi connectivity index (χ0n) is 15.4. The fourth-order valence-electron chi connectivity index (χ4n) is 3.09. The molecule has 2 N–H and O–H groups in total. The van der Waals surface area contributed by atoms with Gasteiger partial charge in [0.1, 0.15) is 5.75 Å². The van der Waals surface area contributed by atoms with Crippen LogP contribution in [0.15, 0.2) is 41.8 Å². The molecule has 1 atom stereocenters. The van der Waals surface area contributed by atoms with Crippen LogP contribution in [0.4, 0.5) is 13.2 Å². The maximum Gasteiger partial charge on any atom is 0.573 e. The van der Waals surface area contributed by atoms with Gasteiger partial charge in [-0.05, 0) is 17.5 Å². The minimum absolute atomic E-state index is 0.0838. The number of nitrogens with zero attached hydrogens (tertiary/aromatic N) is 1. The Morgan fingerprint density at radius 2 is 2.07 bits per heavy atom. The number of para-hydroxylation sites is 1. The normalized spacial score (nSPS) is 17.6. The van der Waals surface area contributed by atoms with Crippen molar-refractivity contribution in [3.63, 3.8) is 0 Å². The minimum Gasteiger partial charge on any atom is -0.405 e. The van der Waals surface area contributed by atoms with Crippen LogP contribution in [0, 0.1) is 0 Å². The number of piperazine rings is 1. The summed E-state index contributed by atoms with van der Waals surface area (Å²) in [6.07, 6.45) is -4.90. The third-order valence-corrected chi connectivity index (χ3v) is 5.29. The summed E-state index contributed by atoms with van der Waals surface area (Å²) in [4.78, 5) is 27.7. The van der Waals surface area contributed by atoms with Crippen molar-refractivity contribution in [2.75, 3.05) is 13.1 Å². The monoisotopic (exact) mass is 427 g/mol. The summed E-state index contributed by atoms with van der Waals surface area (Å²) in [5.74, 6) is -1.02. The Kier molecular flexibility index (Phi) is 6.75. The molecule has 1 aromatic heterocycles. The van der Waals surface area contributed by atoms with Crippen LogP contribution in [0.3, 0.4) is 0 Å². The van der Waals surface area contributed by atoms with Crippen LogP contribution in [0.1, 0.15) is 16.9 Å². The molecule has 2 aromatic rings. The molecule has 1 aromatic carbocycles. The summed E-state index contributed by atoms with van der Waals surface area (Å²) >= 11 is 1.57. The first kappa shape index (κ1) is 21.1. The summed E-state index contributed by atoms with van der Waals surface area (Å²) in [5, 5.41) is 7.28. The molecule has 3 rings (SSSR count). The molecule has 1 fully saturated rings. The third-order valence-electron chi connectivity index (χ3n) is 4.43. The maximum absolute atomic E-state index is 12.5. The molecule has 0 aliphatic carbocycles. The Morgan fingerprint density at radius 3 is 2.79 bits per heavy atom. The Hall–Kier alpha value is -2.59. The van der Waals surface area contributed by atoms with Gasteiger partial charge in [0.2, 0.25) is 11.8 Å². The Labute approximate surface area is 169 Å². The molecule has 0 radical (unpaired) electrons. The van der Waals surface area contributed by atoms with Gasteiger partial charge < -0.3 is 15.4 Å². The maximum atomic E-state index is 12.5. The van der Waals surface area contributed by atoms with E-state index in [0.29, 0.717) is 19.6 Å². The van der Waals surface area contributed by atoms with Crippen molar-refractivity contribution in [3.05, 3.63) is 52.2 Å². The number of hydrogen-bond acceptors (Lipinski definition) is 5. The summed E-state index contributed by atoms with van der Waals surface area (Å²) in [5.41, 5.74) is 0.196. The fourth-order valence-corrected chi connectivity index (χ4v) is 3.82. The zero-order valence-corrected chi connectivity index (χ0v) is 16.2. The van der Waals surface area contributed by atoms with Crippen LogP contribution in [0.2, 0.25) is 0 Å². The van der Waals surface area contributed by atoms with Crippen molar-refractivity contribution in [1.82, 2.24) is 15.5 Å². The second-order valence-corrected chi connectivity index (χ2v) is 7.53. The van der Waals surface area contributed by atoms with E-state index in [4.69, 9.17) is 0 Å². The van der Waals surface area contributed by atoms with Crippen LogP contribution in [0.25, 0.3) is 0 Å². The highest BCUT2D eigenvalue weighted by Crippen LogP contribution is 2.26. The van der Waals surface area contributed by atoms with Crippen LogP contribution >= 0.6 is 11.3 Å². The zero-order chi connectivity index (χ0) is 20.9. The Bertz CT molecular complexity index is 843. The molecule has 0 saturated carbocycles. The topological polar surface area (TPSA) is 70.7 Å². The molecule has 10 heteroatoms. The van der Waals surface area contributed by atoms with Gasteiger partial charge >= 0.3 is 6.36 Å². The predicted octanol–water partition coefficient (Wildman–Crippen LogP) is 2.65. The van der Waals surface area contributed by atoms with Crippen molar-refractivity contribution in [1.29, 1.82) is 0 Å². The lowest BCUT2D eigenvalue weighted by molar-refractivity contribution is -0.274. The molecule has 6 nitrogen and oxygen atoms in total. The summed E-state index contributed by atoms with van der Waals surface area (Å²) < 4.78 is 41.5. The number of amides is 2. The summed E-state index contributed by atoms with van der Waals surface area (Å²) in [6, 6.07) is 8.86. The number of halogens is 3. The van der Waals surface area contributed by atoms with E-state index in [1.54, 1.807) is 17.4 Å². The Balaban J connectivity index is 1.60. The Morgan fingerprint density at radius 1 is 1.28 bits per heavy atom. The third kappa shape index (κ3) is 6.20. The van der Waals surface area contributed by atoms with Gasteiger partial charge in [-0.15, -0.1) is 24.5 Å². The highest BCUT2D eigenvalue weighted by molar-refractivity contribution is 7.09. The van der Waals surface area contributed by atoms with Crippen molar-refractivity contribution < 1.29 is 27.5 Å². The van der Waals surface area contributed by atoms with Crippen molar-refractivity contribution in [2.24, 2.45) is 0 Å². The van der Waals surface area contributed by atoms with Gasteiger partial charge in [-0.3, -0.25) is 14.5 Å². The average molecular weight is 427 g/mol. The lowest BCUT2D eigenvalue weighted by atomic mass is 10.1. The number of thiophene rings is 1. The summed E-state index contributed by atoms with van der Waals surface area (Å²) in [7, 11) is 0. The first-order valence-electron chi connectivity index (χ1n) is 8.96. The number of hydrogen-bond donors (Lipinski definition) is 2. The molecule has 156 valence electrons. The number of nitrogens with one attached hydrogen (secondary N) is 2. The molecule has 1 saturated heterocycles.